The molecule has 1 aromatic heterocycles. The molecule has 1 fully saturated rings. The molecule has 6 nitrogen and oxygen atoms in total. The highest BCUT2D eigenvalue weighted by molar-refractivity contribution is 6.00. The van der Waals surface area contributed by atoms with E-state index in [1.54, 1.807) is 0 Å². The number of carbonyl (C=O) groups is 1. The van der Waals surface area contributed by atoms with E-state index in [2.05, 4.69) is 27.1 Å². The number of carbonyl (C=O) groups excluding carboxylic acids is 1. The third-order valence-corrected chi connectivity index (χ3v) is 5.81. The third-order valence-electron chi connectivity index (χ3n) is 5.81. The van der Waals surface area contributed by atoms with Crippen LogP contribution in [0.4, 0.5) is 11.6 Å². The summed E-state index contributed by atoms with van der Waals surface area (Å²) >= 11 is 0. The quantitative estimate of drug-likeness (QED) is 0.672. The van der Waals surface area contributed by atoms with Crippen LogP contribution < -0.4 is 9.80 Å². The van der Waals surface area contributed by atoms with Gasteiger partial charge in [-0.3, -0.25) is 4.79 Å². The molecule has 30 heavy (non-hydrogen) atoms. The number of aromatic nitrogens is 2. The van der Waals surface area contributed by atoms with Gasteiger partial charge in [0.05, 0.1) is 16.8 Å². The zero-order chi connectivity index (χ0) is 20.3. The lowest BCUT2D eigenvalue weighted by Crippen LogP contribution is -2.36. The van der Waals surface area contributed by atoms with Gasteiger partial charge in [-0.1, -0.05) is 36.4 Å². The number of amides is 1. The fourth-order valence-corrected chi connectivity index (χ4v) is 4.20. The first-order valence-electron chi connectivity index (χ1n) is 10.6. The molecule has 2 aromatic carbocycles. The van der Waals surface area contributed by atoms with Crippen molar-refractivity contribution in [2.24, 2.45) is 0 Å². The second-order valence-corrected chi connectivity index (χ2v) is 7.75. The van der Waals surface area contributed by atoms with Gasteiger partial charge in [0.25, 0.3) is 5.91 Å². The van der Waals surface area contributed by atoms with Crippen LogP contribution in [-0.4, -0.2) is 53.5 Å². The molecule has 1 saturated heterocycles. The summed E-state index contributed by atoms with van der Waals surface area (Å²) in [4.78, 5) is 29.0. The minimum atomic E-state index is 0.104. The van der Waals surface area contributed by atoms with Crippen molar-refractivity contribution in [2.45, 2.75) is 12.8 Å². The highest BCUT2D eigenvalue weighted by atomic mass is 16.2. The Bertz CT molecular complexity index is 1100. The Morgan fingerprint density at radius 2 is 1.77 bits per heavy atom. The molecule has 0 saturated carbocycles. The Morgan fingerprint density at radius 1 is 0.900 bits per heavy atom. The topological polar surface area (TPSA) is 52.6 Å². The van der Waals surface area contributed by atoms with E-state index in [9.17, 15) is 4.79 Å². The summed E-state index contributed by atoms with van der Waals surface area (Å²) in [7, 11) is 0. The molecule has 0 aliphatic carbocycles. The lowest BCUT2D eigenvalue weighted by atomic mass is 10.1. The molecular weight excluding hydrogens is 374 g/mol. The van der Waals surface area contributed by atoms with Gasteiger partial charge in [-0.15, -0.1) is 0 Å². The molecule has 1 amide bonds. The van der Waals surface area contributed by atoms with E-state index in [4.69, 9.17) is 4.98 Å². The molecule has 3 aromatic rings. The summed E-state index contributed by atoms with van der Waals surface area (Å²) < 4.78 is 0. The fourth-order valence-electron chi connectivity index (χ4n) is 4.20. The number of fused-ring (bicyclic) bond motifs is 1. The molecule has 0 radical (unpaired) electrons. The minimum absolute atomic E-state index is 0.104. The SMILES string of the molecule is O=C(c1ccccc1N1C=CCC1)N1CCCN(c2ncc3ccccc3n2)CC1. The third kappa shape index (κ3) is 3.61. The molecule has 0 bridgehead atoms. The molecule has 6 heteroatoms. The second-order valence-electron chi connectivity index (χ2n) is 7.75. The summed E-state index contributed by atoms with van der Waals surface area (Å²) in [5.74, 6) is 0.845. The zero-order valence-corrected chi connectivity index (χ0v) is 16.9. The van der Waals surface area contributed by atoms with Crippen molar-refractivity contribution in [1.29, 1.82) is 0 Å². The van der Waals surface area contributed by atoms with Crippen LogP contribution in [0.25, 0.3) is 10.9 Å². The van der Waals surface area contributed by atoms with E-state index in [0.29, 0.717) is 6.54 Å². The van der Waals surface area contributed by atoms with Crippen molar-refractivity contribution in [2.75, 3.05) is 42.5 Å². The van der Waals surface area contributed by atoms with Gasteiger partial charge < -0.3 is 14.7 Å². The first-order valence-corrected chi connectivity index (χ1v) is 10.6. The van der Waals surface area contributed by atoms with Gasteiger partial charge in [-0.25, -0.2) is 9.97 Å². The minimum Gasteiger partial charge on any atom is -0.347 e. The van der Waals surface area contributed by atoms with Gasteiger partial charge in [-0.2, -0.15) is 0 Å². The van der Waals surface area contributed by atoms with E-state index in [0.717, 1.165) is 67.1 Å². The molecule has 0 spiro atoms. The summed E-state index contributed by atoms with van der Waals surface area (Å²) in [6.45, 7) is 3.91. The van der Waals surface area contributed by atoms with Crippen molar-refractivity contribution in [3.63, 3.8) is 0 Å². The molecule has 0 unspecified atom stereocenters. The van der Waals surface area contributed by atoms with Gasteiger partial charge in [0.1, 0.15) is 0 Å². The number of para-hydroxylation sites is 2. The van der Waals surface area contributed by atoms with E-state index >= 15 is 0 Å². The Labute approximate surface area is 176 Å². The Morgan fingerprint density at radius 3 is 2.67 bits per heavy atom. The molecule has 2 aliphatic heterocycles. The van der Waals surface area contributed by atoms with Crippen LogP contribution in [-0.2, 0) is 0 Å². The number of hydrogen-bond donors (Lipinski definition) is 0. The van der Waals surface area contributed by atoms with Crippen LogP contribution in [0.3, 0.4) is 0 Å². The number of anilines is 2. The summed E-state index contributed by atoms with van der Waals surface area (Å²) in [5.41, 5.74) is 2.72. The number of rotatable bonds is 3. The summed E-state index contributed by atoms with van der Waals surface area (Å²) in [6.07, 6.45) is 8.02. The van der Waals surface area contributed by atoms with Gasteiger partial charge in [-0.05, 0) is 31.0 Å². The van der Waals surface area contributed by atoms with E-state index in [-0.39, 0.29) is 5.91 Å². The molecule has 2 aliphatic rings. The van der Waals surface area contributed by atoms with E-state index < -0.39 is 0 Å². The standard InChI is InChI=1S/C24H25N5O/c30-23(20-9-2-4-11-22(20)27-12-5-6-13-27)28-14-7-15-29(17-16-28)24-25-18-19-8-1-3-10-21(19)26-24/h1-5,8-12,18H,6-7,13-17H2. The van der Waals surface area contributed by atoms with Crippen LogP contribution in [0, 0.1) is 0 Å². The van der Waals surface area contributed by atoms with Crippen molar-refractivity contribution >= 4 is 28.4 Å². The van der Waals surface area contributed by atoms with Crippen LogP contribution in [0.1, 0.15) is 23.2 Å². The van der Waals surface area contributed by atoms with Gasteiger partial charge in [0.15, 0.2) is 0 Å². The maximum absolute atomic E-state index is 13.4. The molecular formula is C24H25N5O. The first-order chi connectivity index (χ1) is 14.8. The average Bonchev–Trinajstić information content (AvgIpc) is 3.23. The monoisotopic (exact) mass is 399 g/mol. The molecule has 0 atom stereocenters. The first kappa shape index (κ1) is 18.6. The van der Waals surface area contributed by atoms with Crippen molar-refractivity contribution in [3.8, 4) is 0 Å². The summed E-state index contributed by atoms with van der Waals surface area (Å²) in [5, 5.41) is 1.04. The lowest BCUT2D eigenvalue weighted by Gasteiger charge is -2.25. The largest absolute Gasteiger partial charge is 0.347 e. The van der Waals surface area contributed by atoms with Crippen LogP contribution in [0.15, 0.2) is 67.0 Å². The highest BCUT2D eigenvalue weighted by Crippen LogP contribution is 2.25. The van der Waals surface area contributed by atoms with Crippen molar-refractivity contribution < 1.29 is 4.79 Å². The lowest BCUT2D eigenvalue weighted by molar-refractivity contribution is 0.0767. The second kappa shape index (κ2) is 8.14. The van der Waals surface area contributed by atoms with Gasteiger partial charge >= 0.3 is 0 Å². The van der Waals surface area contributed by atoms with Gasteiger partial charge in [0, 0.05) is 50.5 Å². The number of nitrogens with zero attached hydrogens (tertiary/aromatic N) is 5. The zero-order valence-electron chi connectivity index (χ0n) is 16.9. The normalized spacial score (nSPS) is 16.9. The van der Waals surface area contributed by atoms with Crippen molar-refractivity contribution in [1.82, 2.24) is 14.9 Å². The van der Waals surface area contributed by atoms with E-state index in [1.807, 2.05) is 59.6 Å². The van der Waals surface area contributed by atoms with Crippen LogP contribution in [0.2, 0.25) is 0 Å². The molecule has 3 heterocycles. The predicted octanol–water partition coefficient (Wildman–Crippen LogP) is 3.71. The Hall–Kier alpha value is -3.41. The van der Waals surface area contributed by atoms with Crippen molar-refractivity contribution in [3.05, 3.63) is 72.6 Å². The molecule has 5 rings (SSSR count). The van der Waals surface area contributed by atoms with Crippen LogP contribution >= 0.6 is 0 Å². The Balaban J connectivity index is 1.33. The number of benzene rings is 2. The maximum atomic E-state index is 13.4. The Kier molecular flexibility index (Phi) is 5.05. The predicted molar refractivity (Wildman–Crippen MR) is 120 cm³/mol. The average molecular weight is 399 g/mol. The van der Waals surface area contributed by atoms with E-state index in [1.165, 1.54) is 0 Å². The molecule has 152 valence electrons. The maximum Gasteiger partial charge on any atom is 0.256 e. The smallest absolute Gasteiger partial charge is 0.256 e. The molecule has 0 N–H and O–H groups in total. The van der Waals surface area contributed by atoms with Crippen LogP contribution in [0.5, 0.6) is 0 Å². The van der Waals surface area contributed by atoms with Gasteiger partial charge in [0.2, 0.25) is 5.95 Å². The summed E-state index contributed by atoms with van der Waals surface area (Å²) in [6, 6.07) is 16.0. The highest BCUT2D eigenvalue weighted by Gasteiger charge is 2.24. The number of hydrogen-bond acceptors (Lipinski definition) is 5. The fraction of sp³-hybridized carbons (Fsp3) is 0.292.